The number of nitrogens with zero attached hydrogens (tertiary/aromatic N) is 2. The van der Waals surface area contributed by atoms with Crippen LogP contribution in [0.25, 0.3) is 65.9 Å². The molecule has 34 heavy (non-hydrogen) atoms. The SMILES string of the molecule is c1ccc2nc(-c3c4ccccc4c(-c4ccc5ccccc5n4)c4ccccc34)ccc2c1. The Kier molecular flexibility index (Phi) is 4.18. The third kappa shape index (κ3) is 2.89. The fourth-order valence-electron chi connectivity index (χ4n) is 5.09. The van der Waals surface area contributed by atoms with Crippen LogP contribution < -0.4 is 0 Å². The highest BCUT2D eigenvalue weighted by Gasteiger charge is 2.18. The van der Waals surface area contributed by atoms with Gasteiger partial charge in [-0.05, 0) is 45.8 Å². The van der Waals surface area contributed by atoms with Crippen molar-refractivity contribution in [1.82, 2.24) is 9.97 Å². The summed E-state index contributed by atoms with van der Waals surface area (Å²) >= 11 is 0. The van der Waals surface area contributed by atoms with Gasteiger partial charge in [0.25, 0.3) is 0 Å². The second-order valence-electron chi connectivity index (χ2n) is 8.62. The molecule has 0 bridgehead atoms. The minimum atomic E-state index is 0.990. The first-order valence-corrected chi connectivity index (χ1v) is 11.5. The molecule has 0 amide bonds. The van der Waals surface area contributed by atoms with E-state index in [9.17, 15) is 0 Å². The molecule has 7 rings (SSSR count). The molecule has 2 aromatic heterocycles. The molecule has 0 N–H and O–H groups in total. The number of pyridine rings is 2. The monoisotopic (exact) mass is 432 g/mol. The van der Waals surface area contributed by atoms with Gasteiger partial charge in [-0.1, -0.05) is 97.1 Å². The van der Waals surface area contributed by atoms with Gasteiger partial charge in [-0.25, -0.2) is 9.97 Å². The molecule has 2 heteroatoms. The van der Waals surface area contributed by atoms with Crippen molar-refractivity contribution in [2.24, 2.45) is 0 Å². The van der Waals surface area contributed by atoms with Crippen molar-refractivity contribution < 1.29 is 0 Å². The number of hydrogen-bond donors (Lipinski definition) is 0. The molecule has 7 aromatic rings. The molecule has 0 saturated carbocycles. The maximum Gasteiger partial charge on any atom is 0.0722 e. The Morgan fingerprint density at radius 1 is 0.324 bits per heavy atom. The van der Waals surface area contributed by atoms with Gasteiger partial charge in [-0.15, -0.1) is 0 Å². The molecule has 158 valence electrons. The van der Waals surface area contributed by atoms with Crippen LogP contribution in [-0.4, -0.2) is 9.97 Å². The zero-order chi connectivity index (χ0) is 22.5. The lowest BCUT2D eigenvalue weighted by molar-refractivity contribution is 1.41. The maximum absolute atomic E-state index is 5.07. The van der Waals surface area contributed by atoms with Crippen molar-refractivity contribution in [2.75, 3.05) is 0 Å². The van der Waals surface area contributed by atoms with Crippen LogP contribution in [0.2, 0.25) is 0 Å². The van der Waals surface area contributed by atoms with E-state index in [-0.39, 0.29) is 0 Å². The Bertz CT molecular complexity index is 1670. The molecule has 2 nitrogen and oxygen atoms in total. The molecule has 0 aliphatic carbocycles. The van der Waals surface area contributed by atoms with Crippen molar-refractivity contribution in [3.05, 3.63) is 121 Å². The van der Waals surface area contributed by atoms with Gasteiger partial charge in [-0.2, -0.15) is 0 Å². The Hall–Kier alpha value is -4.56. The normalized spacial score (nSPS) is 11.5. The molecular formula is C32H20N2. The zero-order valence-electron chi connectivity index (χ0n) is 18.4. The van der Waals surface area contributed by atoms with Crippen LogP contribution in [0.1, 0.15) is 0 Å². The first-order chi connectivity index (χ1) is 16.9. The average Bonchev–Trinajstić information content (AvgIpc) is 2.91. The van der Waals surface area contributed by atoms with Gasteiger partial charge < -0.3 is 0 Å². The fraction of sp³-hybridized carbons (Fsp3) is 0. The Morgan fingerprint density at radius 3 is 1.09 bits per heavy atom. The van der Waals surface area contributed by atoms with Gasteiger partial charge in [0, 0.05) is 21.9 Å². The first-order valence-electron chi connectivity index (χ1n) is 11.5. The molecule has 0 unspecified atom stereocenters. The molecule has 0 saturated heterocycles. The lowest BCUT2D eigenvalue weighted by Gasteiger charge is -2.17. The Labute approximate surface area is 197 Å². The lowest BCUT2D eigenvalue weighted by atomic mass is 9.88. The number of aromatic nitrogens is 2. The van der Waals surface area contributed by atoms with Gasteiger partial charge >= 0.3 is 0 Å². The molecule has 0 aliphatic heterocycles. The topological polar surface area (TPSA) is 25.8 Å². The van der Waals surface area contributed by atoms with E-state index in [0.717, 1.165) is 33.2 Å². The fourth-order valence-corrected chi connectivity index (χ4v) is 5.09. The van der Waals surface area contributed by atoms with Crippen LogP contribution in [0.3, 0.4) is 0 Å². The van der Waals surface area contributed by atoms with E-state index in [1.807, 2.05) is 12.1 Å². The third-order valence-corrected chi connectivity index (χ3v) is 6.64. The third-order valence-electron chi connectivity index (χ3n) is 6.64. The van der Waals surface area contributed by atoms with Crippen LogP contribution in [0.4, 0.5) is 0 Å². The molecule has 0 radical (unpaired) electrons. The van der Waals surface area contributed by atoms with Crippen LogP contribution in [0.15, 0.2) is 121 Å². The first kappa shape index (κ1) is 19.0. The van der Waals surface area contributed by atoms with Crippen LogP contribution >= 0.6 is 0 Å². The highest BCUT2D eigenvalue weighted by Crippen LogP contribution is 2.43. The van der Waals surface area contributed by atoms with Crippen molar-refractivity contribution in [1.29, 1.82) is 0 Å². The lowest BCUT2D eigenvalue weighted by Crippen LogP contribution is -1.94. The molecule has 0 fully saturated rings. The minimum Gasteiger partial charge on any atom is -0.248 e. The standard InChI is InChI=1S/C32H20N2/c1-7-15-27-21(9-1)17-19-29(33-27)31-23-11-3-5-13-25(23)32(26-14-6-4-12-24(26)31)30-20-18-22-10-2-8-16-28(22)34-30/h1-20H. The summed E-state index contributed by atoms with van der Waals surface area (Å²) in [5, 5.41) is 7.06. The second kappa shape index (κ2) is 7.50. The summed E-state index contributed by atoms with van der Waals surface area (Å²) in [7, 11) is 0. The molecule has 0 spiro atoms. The number of rotatable bonds is 2. The predicted molar refractivity (Wildman–Crippen MR) is 143 cm³/mol. The summed E-state index contributed by atoms with van der Waals surface area (Å²) in [6.45, 7) is 0. The number of benzene rings is 5. The molecule has 0 aliphatic rings. The van der Waals surface area contributed by atoms with Gasteiger partial charge in [0.1, 0.15) is 0 Å². The van der Waals surface area contributed by atoms with E-state index < -0.39 is 0 Å². The second-order valence-corrected chi connectivity index (χ2v) is 8.62. The number of para-hydroxylation sites is 2. The van der Waals surface area contributed by atoms with Gasteiger partial charge in [0.2, 0.25) is 0 Å². The van der Waals surface area contributed by atoms with Gasteiger partial charge in [-0.3, -0.25) is 0 Å². The maximum atomic E-state index is 5.07. The van der Waals surface area contributed by atoms with E-state index in [2.05, 4.69) is 109 Å². The highest BCUT2D eigenvalue weighted by atomic mass is 14.7. The number of fused-ring (bicyclic) bond motifs is 4. The summed E-state index contributed by atoms with van der Waals surface area (Å²) in [6.07, 6.45) is 0. The quantitative estimate of drug-likeness (QED) is 0.256. The van der Waals surface area contributed by atoms with Crippen molar-refractivity contribution in [3.63, 3.8) is 0 Å². The van der Waals surface area contributed by atoms with Crippen LogP contribution in [-0.2, 0) is 0 Å². The van der Waals surface area contributed by atoms with Crippen LogP contribution in [0.5, 0.6) is 0 Å². The zero-order valence-corrected chi connectivity index (χ0v) is 18.4. The van der Waals surface area contributed by atoms with E-state index in [4.69, 9.17) is 9.97 Å². The summed E-state index contributed by atoms with van der Waals surface area (Å²) in [6, 6.07) is 42.5. The van der Waals surface area contributed by atoms with Crippen molar-refractivity contribution >= 4 is 43.4 Å². The molecule has 0 atom stereocenters. The van der Waals surface area contributed by atoms with Crippen LogP contribution in [0, 0.1) is 0 Å². The van der Waals surface area contributed by atoms with E-state index >= 15 is 0 Å². The molecule has 5 aromatic carbocycles. The van der Waals surface area contributed by atoms with Gasteiger partial charge in [0.05, 0.1) is 22.4 Å². The Morgan fingerprint density at radius 2 is 0.676 bits per heavy atom. The summed E-state index contributed by atoms with van der Waals surface area (Å²) in [5.41, 5.74) is 6.33. The van der Waals surface area contributed by atoms with E-state index in [1.54, 1.807) is 0 Å². The smallest absolute Gasteiger partial charge is 0.0722 e. The molecule has 2 heterocycles. The summed E-state index contributed by atoms with van der Waals surface area (Å²) in [4.78, 5) is 10.1. The number of hydrogen-bond acceptors (Lipinski definition) is 2. The highest BCUT2D eigenvalue weighted by molar-refractivity contribution is 6.21. The van der Waals surface area contributed by atoms with Crippen molar-refractivity contribution in [3.8, 4) is 22.5 Å². The predicted octanol–water partition coefficient (Wildman–Crippen LogP) is 8.42. The Balaban J connectivity index is 1.61. The summed E-state index contributed by atoms with van der Waals surface area (Å²) < 4.78 is 0. The van der Waals surface area contributed by atoms with Gasteiger partial charge in [0.15, 0.2) is 0 Å². The molecular weight excluding hydrogens is 412 g/mol. The van der Waals surface area contributed by atoms with E-state index in [0.29, 0.717) is 0 Å². The minimum absolute atomic E-state index is 0.990. The largest absolute Gasteiger partial charge is 0.248 e. The van der Waals surface area contributed by atoms with E-state index in [1.165, 1.54) is 32.7 Å². The average molecular weight is 433 g/mol. The van der Waals surface area contributed by atoms with Crippen molar-refractivity contribution in [2.45, 2.75) is 0 Å². The summed E-state index contributed by atoms with van der Waals surface area (Å²) in [5.74, 6) is 0.